The highest BCUT2D eigenvalue weighted by Crippen LogP contribution is 2.46. The van der Waals surface area contributed by atoms with Crippen LogP contribution >= 0.6 is 34.5 Å². The number of esters is 2. The average Bonchev–Trinajstić information content (AvgIpc) is 3.34. The van der Waals surface area contributed by atoms with Crippen molar-refractivity contribution in [2.45, 2.75) is 45.1 Å². The Labute approximate surface area is 217 Å². The van der Waals surface area contributed by atoms with Crippen LogP contribution in [0.2, 0.25) is 5.02 Å². The summed E-state index contributed by atoms with van der Waals surface area (Å²) in [5.41, 5.74) is 3.12. The molecule has 0 amide bonds. The van der Waals surface area contributed by atoms with Crippen molar-refractivity contribution in [2.24, 2.45) is 11.3 Å². The third-order valence-electron chi connectivity index (χ3n) is 6.79. The maximum atomic E-state index is 13.0. The second kappa shape index (κ2) is 9.26. The molecule has 2 atom stereocenters. The van der Waals surface area contributed by atoms with Gasteiger partial charge >= 0.3 is 11.9 Å². The summed E-state index contributed by atoms with van der Waals surface area (Å²) < 4.78 is 16.1. The van der Waals surface area contributed by atoms with Gasteiger partial charge < -0.3 is 14.2 Å². The molecule has 0 spiro atoms. The molecule has 1 unspecified atom stereocenters. The van der Waals surface area contributed by atoms with Crippen LogP contribution < -0.4 is 4.74 Å². The maximum Gasteiger partial charge on any atom is 0.348 e. The van der Waals surface area contributed by atoms with E-state index >= 15 is 0 Å². The van der Waals surface area contributed by atoms with Crippen LogP contribution in [0, 0.1) is 11.3 Å². The highest BCUT2D eigenvalue weighted by molar-refractivity contribution is 7.19. The monoisotopic (exact) mass is 533 g/mol. The molecule has 0 bridgehead atoms. The Bertz CT molecular complexity index is 1320. The summed E-state index contributed by atoms with van der Waals surface area (Å²) in [4.78, 5) is 31.8. The molecule has 184 valence electrons. The normalized spacial score (nSPS) is 21.0. The minimum absolute atomic E-state index is 0.197. The van der Waals surface area contributed by atoms with Crippen LogP contribution in [-0.2, 0) is 37.8 Å². The van der Waals surface area contributed by atoms with Crippen molar-refractivity contribution in [1.29, 1.82) is 0 Å². The molecule has 1 aliphatic carbocycles. The SMILES string of the molecule is COc1ccc(-c2c(Cl)c(CCl)nc3sc4c(c23)CC[C@H](C(=O)OC2C(=O)OCC2(C)C)C4)cc1. The molecule has 3 aromatic rings. The Kier molecular flexibility index (Phi) is 6.45. The maximum absolute atomic E-state index is 13.0. The highest BCUT2D eigenvalue weighted by atomic mass is 35.5. The van der Waals surface area contributed by atoms with Gasteiger partial charge in [-0.3, -0.25) is 4.79 Å². The number of carbonyl (C=O) groups is 2. The number of pyridine rings is 1. The minimum Gasteiger partial charge on any atom is -0.497 e. The summed E-state index contributed by atoms with van der Waals surface area (Å²) in [5, 5.41) is 1.56. The number of benzene rings is 1. The molecule has 1 saturated heterocycles. The lowest BCUT2D eigenvalue weighted by molar-refractivity contribution is -0.166. The first-order chi connectivity index (χ1) is 16.7. The summed E-state index contributed by atoms with van der Waals surface area (Å²) >= 11 is 14.6. The van der Waals surface area contributed by atoms with Gasteiger partial charge in [0.25, 0.3) is 0 Å². The van der Waals surface area contributed by atoms with E-state index in [2.05, 4.69) is 0 Å². The van der Waals surface area contributed by atoms with Gasteiger partial charge in [0.05, 0.1) is 29.6 Å². The number of alkyl halides is 1. The van der Waals surface area contributed by atoms with Crippen molar-refractivity contribution in [2.75, 3.05) is 13.7 Å². The summed E-state index contributed by atoms with van der Waals surface area (Å²) in [5.74, 6) is -0.197. The molecule has 5 rings (SSSR count). The number of hydrogen-bond donors (Lipinski definition) is 0. The number of fused-ring (bicyclic) bond motifs is 3. The number of hydrogen-bond acceptors (Lipinski definition) is 7. The number of methoxy groups -OCH3 is 1. The van der Waals surface area contributed by atoms with Gasteiger partial charge in [-0.1, -0.05) is 37.6 Å². The topological polar surface area (TPSA) is 74.7 Å². The Balaban J connectivity index is 1.50. The summed E-state index contributed by atoms with van der Waals surface area (Å²) in [7, 11) is 1.63. The van der Waals surface area contributed by atoms with E-state index < -0.39 is 17.5 Å². The van der Waals surface area contributed by atoms with E-state index in [4.69, 9.17) is 42.4 Å². The van der Waals surface area contributed by atoms with E-state index in [-0.39, 0.29) is 24.4 Å². The largest absolute Gasteiger partial charge is 0.497 e. The third-order valence-corrected chi connectivity index (χ3v) is 8.60. The molecule has 9 heteroatoms. The number of rotatable bonds is 5. The van der Waals surface area contributed by atoms with Gasteiger partial charge in [0.15, 0.2) is 0 Å². The summed E-state index contributed by atoms with van der Waals surface area (Å²) in [6.45, 7) is 3.98. The lowest BCUT2D eigenvalue weighted by atomic mass is 9.85. The third kappa shape index (κ3) is 4.28. The molecule has 1 fully saturated rings. The molecule has 1 aromatic carbocycles. The predicted molar refractivity (Wildman–Crippen MR) is 136 cm³/mol. The summed E-state index contributed by atoms with van der Waals surface area (Å²) in [6, 6.07) is 7.76. The first-order valence-electron chi connectivity index (χ1n) is 11.4. The first kappa shape index (κ1) is 24.3. The van der Waals surface area contributed by atoms with Crippen LogP contribution in [0.25, 0.3) is 21.3 Å². The van der Waals surface area contributed by atoms with Crippen LogP contribution in [-0.4, -0.2) is 36.7 Å². The Hall–Kier alpha value is -2.35. The average molecular weight is 534 g/mol. The first-order valence-corrected chi connectivity index (χ1v) is 13.2. The second-order valence-corrected chi connectivity index (χ2v) is 11.4. The van der Waals surface area contributed by atoms with E-state index in [0.29, 0.717) is 30.0 Å². The van der Waals surface area contributed by atoms with Crippen LogP contribution in [0.3, 0.4) is 0 Å². The van der Waals surface area contributed by atoms with Crippen LogP contribution in [0.4, 0.5) is 0 Å². The van der Waals surface area contributed by atoms with Crippen LogP contribution in [0.15, 0.2) is 24.3 Å². The fraction of sp³-hybridized carbons (Fsp3) is 0.423. The van der Waals surface area contributed by atoms with Crippen molar-refractivity contribution < 1.29 is 23.8 Å². The van der Waals surface area contributed by atoms with E-state index in [1.807, 2.05) is 38.1 Å². The minimum atomic E-state index is -0.868. The molecule has 0 N–H and O–H groups in total. The molecule has 35 heavy (non-hydrogen) atoms. The molecule has 1 aliphatic heterocycles. The van der Waals surface area contributed by atoms with Gasteiger partial charge in [0.2, 0.25) is 6.10 Å². The molecule has 2 aromatic heterocycles. The number of thiophene rings is 1. The number of cyclic esters (lactones) is 1. The van der Waals surface area contributed by atoms with Gasteiger partial charge in [-0.2, -0.15) is 0 Å². The number of ether oxygens (including phenoxy) is 3. The zero-order valence-electron chi connectivity index (χ0n) is 19.7. The second-order valence-electron chi connectivity index (χ2n) is 9.65. The lowest BCUT2D eigenvalue weighted by Crippen LogP contribution is -2.37. The van der Waals surface area contributed by atoms with Crippen molar-refractivity contribution in [3.05, 3.63) is 45.4 Å². The van der Waals surface area contributed by atoms with E-state index in [1.165, 1.54) is 0 Å². The molecule has 3 heterocycles. The van der Waals surface area contributed by atoms with Gasteiger partial charge in [-0.05, 0) is 42.5 Å². The van der Waals surface area contributed by atoms with E-state index in [9.17, 15) is 9.59 Å². The molecule has 6 nitrogen and oxygen atoms in total. The number of nitrogens with zero attached hydrogens (tertiary/aromatic N) is 1. The smallest absolute Gasteiger partial charge is 0.348 e. The Morgan fingerprint density at radius 2 is 2.03 bits per heavy atom. The van der Waals surface area contributed by atoms with E-state index in [1.54, 1.807) is 18.4 Å². The van der Waals surface area contributed by atoms with Crippen molar-refractivity contribution >= 4 is 56.7 Å². The van der Waals surface area contributed by atoms with Gasteiger partial charge in [0.1, 0.15) is 17.2 Å². The van der Waals surface area contributed by atoms with Crippen molar-refractivity contribution in [3.63, 3.8) is 0 Å². The molecule has 0 saturated carbocycles. The highest BCUT2D eigenvalue weighted by Gasteiger charge is 2.47. The zero-order valence-corrected chi connectivity index (χ0v) is 22.0. The summed E-state index contributed by atoms with van der Waals surface area (Å²) in [6.07, 6.45) is 0.978. The number of aromatic nitrogens is 1. The molecular weight excluding hydrogens is 509 g/mol. The Morgan fingerprint density at radius 3 is 2.66 bits per heavy atom. The molecule has 2 aliphatic rings. The molecule has 0 radical (unpaired) electrons. The van der Waals surface area contributed by atoms with Gasteiger partial charge in [0, 0.05) is 21.2 Å². The number of carbonyl (C=O) groups excluding carboxylic acids is 2. The van der Waals surface area contributed by atoms with Crippen molar-refractivity contribution in [3.8, 4) is 16.9 Å². The van der Waals surface area contributed by atoms with Gasteiger partial charge in [-0.15, -0.1) is 22.9 Å². The van der Waals surface area contributed by atoms with Crippen LogP contribution in [0.5, 0.6) is 5.75 Å². The quantitative estimate of drug-likeness (QED) is 0.297. The lowest BCUT2D eigenvalue weighted by Gasteiger charge is -2.26. The Morgan fingerprint density at radius 1 is 1.29 bits per heavy atom. The zero-order chi connectivity index (χ0) is 24.9. The van der Waals surface area contributed by atoms with Crippen molar-refractivity contribution in [1.82, 2.24) is 4.98 Å². The predicted octanol–water partition coefficient (Wildman–Crippen LogP) is 5.96. The van der Waals surface area contributed by atoms with Gasteiger partial charge in [-0.25, -0.2) is 9.78 Å². The number of halogens is 2. The fourth-order valence-electron chi connectivity index (χ4n) is 4.80. The number of aryl methyl sites for hydroxylation is 1. The molecular formula is C26H25Cl2NO5S. The van der Waals surface area contributed by atoms with Crippen LogP contribution in [0.1, 0.15) is 36.4 Å². The standard InChI is InChI=1S/C26H25Cl2NO5S/c1-26(2)12-33-25(31)22(26)34-24(30)14-6-9-16-18(10-14)35-23-20(16)19(21(28)17(11-27)29-23)13-4-7-15(32-3)8-5-13/h4-5,7-8,14,22H,6,9-12H2,1-3H3/t14-,22?/m0/s1. The van der Waals surface area contributed by atoms with E-state index in [0.717, 1.165) is 37.5 Å². The fourth-order valence-corrected chi connectivity index (χ4v) is 6.70.